The number of hydrogen-bond donors (Lipinski definition) is 2. The fraction of sp³-hybridized carbons (Fsp3) is 0.0500. The topological polar surface area (TPSA) is 84.3 Å². The van der Waals surface area contributed by atoms with Crippen molar-refractivity contribution >= 4 is 44.6 Å². The summed E-state index contributed by atoms with van der Waals surface area (Å²) in [5.41, 5.74) is 3.40. The van der Waals surface area contributed by atoms with Crippen LogP contribution in [0.4, 0.5) is 22.7 Å². The molecule has 0 saturated carbocycles. The third-order valence-corrected chi connectivity index (χ3v) is 4.29. The summed E-state index contributed by atoms with van der Waals surface area (Å²) in [6.07, 6.45) is 0. The molecule has 0 heterocycles. The number of nitro groups is 1. The molecule has 0 fully saturated rings. The number of benzene rings is 3. The molecule has 0 radical (unpaired) electrons. The minimum Gasteiger partial charge on any atom is -0.350 e. The van der Waals surface area contributed by atoms with Crippen LogP contribution in [0.1, 0.15) is 6.92 Å². The van der Waals surface area contributed by atoms with Crippen LogP contribution in [0.5, 0.6) is 0 Å². The second-order valence-electron chi connectivity index (χ2n) is 5.89. The molecule has 3 aromatic rings. The van der Waals surface area contributed by atoms with Gasteiger partial charge in [-0.2, -0.15) is 0 Å². The van der Waals surface area contributed by atoms with Gasteiger partial charge in [-0.15, -0.1) is 0 Å². The zero-order valence-electron chi connectivity index (χ0n) is 14.4. The van der Waals surface area contributed by atoms with Gasteiger partial charge in [0.05, 0.1) is 4.92 Å². The maximum atomic E-state index is 11.5. The molecule has 0 atom stereocenters. The van der Waals surface area contributed by atoms with E-state index in [4.69, 9.17) is 0 Å². The number of hydrogen-bond acceptors (Lipinski definition) is 4. The molecule has 136 valence electrons. The van der Waals surface area contributed by atoms with Crippen molar-refractivity contribution in [2.75, 3.05) is 10.6 Å². The molecule has 0 unspecified atom stereocenters. The summed E-state index contributed by atoms with van der Waals surface area (Å²) < 4.78 is 0.622. The fourth-order valence-electron chi connectivity index (χ4n) is 2.69. The lowest BCUT2D eigenvalue weighted by molar-refractivity contribution is -0.384. The van der Waals surface area contributed by atoms with Gasteiger partial charge in [-0.05, 0) is 41.5 Å². The van der Waals surface area contributed by atoms with Crippen molar-refractivity contribution < 1.29 is 9.72 Å². The van der Waals surface area contributed by atoms with Gasteiger partial charge >= 0.3 is 0 Å². The zero-order chi connectivity index (χ0) is 19.4. The molecule has 27 heavy (non-hydrogen) atoms. The first-order chi connectivity index (χ1) is 12.9. The largest absolute Gasteiger partial charge is 0.350 e. The first kappa shape index (κ1) is 18.6. The number of nitrogens with one attached hydrogen (secondary N) is 2. The summed E-state index contributed by atoms with van der Waals surface area (Å²) in [5.74, 6) is -0.194. The summed E-state index contributed by atoms with van der Waals surface area (Å²) in [6.45, 7) is 1.43. The van der Waals surface area contributed by atoms with E-state index in [0.29, 0.717) is 21.5 Å². The second kappa shape index (κ2) is 8.01. The smallest absolute Gasteiger partial charge is 0.293 e. The minimum absolute atomic E-state index is 0.0458. The monoisotopic (exact) mass is 425 g/mol. The number of nitrogens with zero attached hydrogens (tertiary/aromatic N) is 1. The average molecular weight is 426 g/mol. The van der Waals surface area contributed by atoms with Gasteiger partial charge in [-0.3, -0.25) is 14.9 Å². The van der Waals surface area contributed by atoms with Crippen LogP contribution in [0.15, 0.2) is 71.2 Å². The lowest BCUT2D eigenvalue weighted by Crippen LogP contribution is -2.06. The quantitative estimate of drug-likeness (QED) is 0.403. The number of carbonyl (C=O) groups is 1. The Hall–Kier alpha value is -3.19. The van der Waals surface area contributed by atoms with Gasteiger partial charge in [-0.1, -0.05) is 46.3 Å². The Balaban J connectivity index is 2.05. The number of rotatable bonds is 5. The summed E-state index contributed by atoms with van der Waals surface area (Å²) in [6, 6.07) is 20.0. The van der Waals surface area contributed by atoms with Gasteiger partial charge in [0.1, 0.15) is 5.69 Å². The molecule has 0 bridgehead atoms. The normalized spacial score (nSPS) is 10.3. The molecule has 3 aromatic carbocycles. The number of anilines is 3. The summed E-state index contributed by atoms with van der Waals surface area (Å²) in [5, 5.41) is 17.2. The third kappa shape index (κ3) is 4.71. The lowest BCUT2D eigenvalue weighted by Gasteiger charge is -2.13. The molecule has 0 saturated heterocycles. The van der Waals surface area contributed by atoms with Crippen molar-refractivity contribution in [2.24, 2.45) is 0 Å². The van der Waals surface area contributed by atoms with Crippen molar-refractivity contribution in [1.82, 2.24) is 0 Å². The molecule has 2 N–H and O–H groups in total. The van der Waals surface area contributed by atoms with Gasteiger partial charge < -0.3 is 10.6 Å². The van der Waals surface area contributed by atoms with Crippen LogP contribution < -0.4 is 10.6 Å². The Kier molecular flexibility index (Phi) is 5.52. The Morgan fingerprint density at radius 3 is 2.33 bits per heavy atom. The van der Waals surface area contributed by atoms with Crippen molar-refractivity contribution in [3.63, 3.8) is 0 Å². The number of amides is 1. The van der Waals surface area contributed by atoms with E-state index in [0.717, 1.165) is 11.1 Å². The zero-order valence-corrected chi connectivity index (χ0v) is 16.0. The highest BCUT2D eigenvalue weighted by Crippen LogP contribution is 2.33. The second-order valence-corrected chi connectivity index (χ2v) is 6.81. The van der Waals surface area contributed by atoms with Crippen LogP contribution in [-0.4, -0.2) is 10.8 Å². The summed E-state index contributed by atoms with van der Waals surface area (Å²) in [4.78, 5) is 22.4. The fourth-order valence-corrected chi connectivity index (χ4v) is 3.04. The first-order valence-electron chi connectivity index (χ1n) is 8.11. The maximum Gasteiger partial charge on any atom is 0.293 e. The molecule has 0 aliphatic rings. The van der Waals surface area contributed by atoms with E-state index in [2.05, 4.69) is 26.6 Å². The van der Waals surface area contributed by atoms with E-state index >= 15 is 0 Å². The summed E-state index contributed by atoms with van der Waals surface area (Å²) in [7, 11) is 0. The summed E-state index contributed by atoms with van der Waals surface area (Å²) >= 11 is 3.25. The highest BCUT2D eigenvalue weighted by molar-refractivity contribution is 9.10. The van der Waals surface area contributed by atoms with Crippen LogP contribution >= 0.6 is 15.9 Å². The average Bonchev–Trinajstić information content (AvgIpc) is 2.63. The molecule has 6 nitrogen and oxygen atoms in total. The van der Waals surface area contributed by atoms with Crippen LogP contribution in [-0.2, 0) is 4.79 Å². The van der Waals surface area contributed by atoms with Gasteiger partial charge in [0, 0.05) is 28.8 Å². The molecular formula is C20H16BrN3O3. The Labute approximate surface area is 164 Å². The van der Waals surface area contributed by atoms with E-state index in [1.165, 1.54) is 13.0 Å². The van der Waals surface area contributed by atoms with Gasteiger partial charge in [0.15, 0.2) is 0 Å². The van der Waals surface area contributed by atoms with Crippen LogP contribution in [0.25, 0.3) is 11.1 Å². The van der Waals surface area contributed by atoms with E-state index in [-0.39, 0.29) is 11.6 Å². The molecule has 0 aromatic heterocycles. The van der Waals surface area contributed by atoms with Crippen molar-refractivity contribution in [3.8, 4) is 11.1 Å². The van der Waals surface area contributed by atoms with E-state index in [1.807, 2.05) is 42.5 Å². The van der Waals surface area contributed by atoms with Crippen LogP contribution in [0.2, 0.25) is 0 Å². The third-order valence-electron chi connectivity index (χ3n) is 3.80. The standard InChI is InChI=1S/C20H16BrN3O3/c1-13(25)22-17-9-15(14-5-3-2-4-6-14)10-18(12-17)23-19-8-7-16(21)11-20(19)24(26)27/h2-12,23H,1H3,(H,22,25). The Morgan fingerprint density at radius 1 is 0.963 bits per heavy atom. The van der Waals surface area contributed by atoms with Crippen LogP contribution in [0, 0.1) is 10.1 Å². The highest BCUT2D eigenvalue weighted by atomic mass is 79.9. The van der Waals surface area contributed by atoms with Crippen molar-refractivity contribution in [2.45, 2.75) is 6.92 Å². The first-order valence-corrected chi connectivity index (χ1v) is 8.91. The minimum atomic E-state index is -0.442. The van der Waals surface area contributed by atoms with Gasteiger partial charge in [0.25, 0.3) is 5.69 Å². The highest BCUT2D eigenvalue weighted by Gasteiger charge is 2.15. The SMILES string of the molecule is CC(=O)Nc1cc(Nc2ccc(Br)cc2[N+](=O)[O-])cc(-c2ccccc2)c1. The van der Waals surface area contributed by atoms with Crippen molar-refractivity contribution in [3.05, 3.63) is 81.3 Å². The predicted molar refractivity (Wildman–Crippen MR) is 110 cm³/mol. The molecule has 0 aliphatic heterocycles. The molecule has 3 rings (SSSR count). The van der Waals surface area contributed by atoms with E-state index in [1.54, 1.807) is 18.2 Å². The predicted octanol–water partition coefficient (Wildman–Crippen LogP) is 5.73. The van der Waals surface area contributed by atoms with E-state index in [9.17, 15) is 14.9 Å². The Bertz CT molecular complexity index is 1010. The lowest BCUT2D eigenvalue weighted by atomic mass is 10.0. The molecular weight excluding hydrogens is 410 g/mol. The number of carbonyl (C=O) groups excluding carboxylic acids is 1. The number of nitro benzene ring substituents is 1. The maximum absolute atomic E-state index is 11.5. The van der Waals surface area contributed by atoms with Gasteiger partial charge in [-0.25, -0.2) is 0 Å². The van der Waals surface area contributed by atoms with Gasteiger partial charge in [0.2, 0.25) is 5.91 Å². The molecule has 1 amide bonds. The van der Waals surface area contributed by atoms with Crippen molar-refractivity contribution in [1.29, 1.82) is 0 Å². The molecule has 0 aliphatic carbocycles. The molecule has 0 spiro atoms. The molecule has 7 heteroatoms. The Morgan fingerprint density at radius 2 is 1.67 bits per heavy atom. The van der Waals surface area contributed by atoms with Crippen LogP contribution in [0.3, 0.4) is 0 Å². The number of halogens is 1. The van der Waals surface area contributed by atoms with E-state index < -0.39 is 4.92 Å².